The summed E-state index contributed by atoms with van der Waals surface area (Å²) >= 11 is 0. The minimum absolute atomic E-state index is 0.102. The molecule has 0 bridgehead atoms. The highest BCUT2D eigenvalue weighted by atomic mass is 16.5. The third-order valence-electron chi connectivity index (χ3n) is 3.45. The Balaban J connectivity index is 2.17. The van der Waals surface area contributed by atoms with Crippen molar-refractivity contribution in [3.05, 3.63) is 11.6 Å². The number of ether oxygens (including phenoxy) is 1. The van der Waals surface area contributed by atoms with Crippen molar-refractivity contribution in [3.8, 4) is 0 Å². The third-order valence-corrected chi connectivity index (χ3v) is 3.45. The van der Waals surface area contributed by atoms with Crippen molar-refractivity contribution < 1.29 is 14.6 Å². The van der Waals surface area contributed by atoms with Crippen LogP contribution in [0.1, 0.15) is 52.4 Å². The molecule has 0 aromatic heterocycles. The molecule has 0 spiro atoms. The molecule has 0 radical (unpaired) electrons. The number of carboxylic acids is 1. The average Bonchev–Trinajstić information content (AvgIpc) is 2.30. The van der Waals surface area contributed by atoms with Crippen molar-refractivity contribution in [3.63, 3.8) is 0 Å². The SMILES string of the molecule is CC(=CC(C)OCCC1CCCCC1)C(=O)O. The van der Waals surface area contributed by atoms with E-state index in [2.05, 4.69) is 0 Å². The van der Waals surface area contributed by atoms with Crippen molar-refractivity contribution >= 4 is 5.97 Å². The Kier molecular flexibility index (Phi) is 6.27. The monoisotopic (exact) mass is 240 g/mol. The van der Waals surface area contributed by atoms with Gasteiger partial charge in [-0.25, -0.2) is 4.79 Å². The van der Waals surface area contributed by atoms with Crippen molar-refractivity contribution in [1.82, 2.24) is 0 Å². The molecule has 1 N–H and O–H groups in total. The molecular formula is C14H24O3. The molecule has 1 aliphatic rings. The first-order valence-electron chi connectivity index (χ1n) is 6.63. The predicted octanol–water partition coefficient (Wildman–Crippen LogP) is 3.39. The van der Waals surface area contributed by atoms with Gasteiger partial charge in [-0.2, -0.15) is 0 Å². The number of rotatable bonds is 6. The first-order valence-corrected chi connectivity index (χ1v) is 6.63. The van der Waals surface area contributed by atoms with Gasteiger partial charge in [0.15, 0.2) is 0 Å². The molecule has 1 rings (SSSR count). The summed E-state index contributed by atoms with van der Waals surface area (Å²) in [5.41, 5.74) is 0.357. The van der Waals surface area contributed by atoms with Gasteiger partial charge in [0, 0.05) is 12.2 Å². The largest absolute Gasteiger partial charge is 0.478 e. The van der Waals surface area contributed by atoms with Gasteiger partial charge in [0.05, 0.1) is 6.10 Å². The van der Waals surface area contributed by atoms with Crippen LogP contribution in [0.3, 0.4) is 0 Å². The molecule has 0 aromatic carbocycles. The fourth-order valence-corrected chi connectivity index (χ4v) is 2.37. The molecule has 1 fully saturated rings. The lowest BCUT2D eigenvalue weighted by Crippen LogP contribution is -2.13. The number of aliphatic carboxylic acids is 1. The fourth-order valence-electron chi connectivity index (χ4n) is 2.37. The van der Waals surface area contributed by atoms with Crippen molar-refractivity contribution in [2.45, 2.75) is 58.5 Å². The van der Waals surface area contributed by atoms with E-state index in [9.17, 15) is 4.79 Å². The second-order valence-electron chi connectivity index (χ2n) is 5.02. The molecule has 1 atom stereocenters. The Labute approximate surface area is 104 Å². The van der Waals surface area contributed by atoms with E-state index >= 15 is 0 Å². The highest BCUT2D eigenvalue weighted by molar-refractivity contribution is 5.85. The maximum atomic E-state index is 10.6. The standard InChI is InChI=1S/C14H24O3/c1-11(14(15)16)10-12(2)17-9-8-13-6-4-3-5-7-13/h10,12-13H,3-9H2,1-2H3,(H,15,16). The van der Waals surface area contributed by atoms with Gasteiger partial charge in [-0.1, -0.05) is 32.1 Å². The van der Waals surface area contributed by atoms with Gasteiger partial charge in [-0.05, 0) is 32.3 Å². The number of carbonyl (C=O) groups is 1. The van der Waals surface area contributed by atoms with E-state index in [1.165, 1.54) is 32.1 Å². The van der Waals surface area contributed by atoms with Crippen LogP contribution in [-0.4, -0.2) is 23.8 Å². The molecule has 98 valence electrons. The van der Waals surface area contributed by atoms with Gasteiger partial charge >= 0.3 is 5.97 Å². The summed E-state index contributed by atoms with van der Waals surface area (Å²) in [7, 11) is 0. The summed E-state index contributed by atoms with van der Waals surface area (Å²) in [6.07, 6.45) is 9.46. The zero-order valence-electron chi connectivity index (χ0n) is 10.9. The Morgan fingerprint density at radius 3 is 2.65 bits per heavy atom. The van der Waals surface area contributed by atoms with Crippen LogP contribution in [0.25, 0.3) is 0 Å². The van der Waals surface area contributed by atoms with E-state index < -0.39 is 5.97 Å². The Bertz CT molecular complexity index is 265. The minimum Gasteiger partial charge on any atom is -0.478 e. The maximum Gasteiger partial charge on any atom is 0.331 e. The van der Waals surface area contributed by atoms with Crippen LogP contribution in [0.15, 0.2) is 11.6 Å². The Hall–Kier alpha value is -0.830. The molecule has 0 aliphatic heterocycles. The summed E-state index contributed by atoms with van der Waals surface area (Å²) in [6.45, 7) is 4.24. The van der Waals surface area contributed by atoms with Crippen LogP contribution < -0.4 is 0 Å². The second kappa shape index (κ2) is 7.49. The van der Waals surface area contributed by atoms with E-state index in [0.29, 0.717) is 5.57 Å². The van der Waals surface area contributed by atoms with Crippen molar-refractivity contribution in [2.75, 3.05) is 6.61 Å². The van der Waals surface area contributed by atoms with Crippen LogP contribution in [-0.2, 0) is 9.53 Å². The lowest BCUT2D eigenvalue weighted by molar-refractivity contribution is -0.132. The van der Waals surface area contributed by atoms with Gasteiger partial charge in [0.1, 0.15) is 0 Å². The van der Waals surface area contributed by atoms with Crippen LogP contribution in [0.4, 0.5) is 0 Å². The Morgan fingerprint density at radius 2 is 2.06 bits per heavy atom. The highest BCUT2D eigenvalue weighted by Gasteiger charge is 2.13. The fraction of sp³-hybridized carbons (Fsp3) is 0.786. The summed E-state index contributed by atoms with van der Waals surface area (Å²) < 4.78 is 5.63. The predicted molar refractivity (Wildman–Crippen MR) is 68.0 cm³/mol. The molecule has 0 aromatic rings. The van der Waals surface area contributed by atoms with Crippen molar-refractivity contribution in [2.24, 2.45) is 5.92 Å². The summed E-state index contributed by atoms with van der Waals surface area (Å²) in [5.74, 6) is -0.0479. The first-order chi connectivity index (χ1) is 8.09. The average molecular weight is 240 g/mol. The van der Waals surface area contributed by atoms with Gasteiger partial charge in [0.2, 0.25) is 0 Å². The van der Waals surface area contributed by atoms with E-state index in [4.69, 9.17) is 9.84 Å². The maximum absolute atomic E-state index is 10.6. The number of hydrogen-bond acceptors (Lipinski definition) is 2. The van der Waals surface area contributed by atoms with Gasteiger partial charge < -0.3 is 9.84 Å². The first kappa shape index (κ1) is 14.2. The Morgan fingerprint density at radius 1 is 1.41 bits per heavy atom. The number of carboxylic acid groups (broad SMARTS) is 1. The molecule has 3 nitrogen and oxygen atoms in total. The summed E-state index contributed by atoms with van der Waals surface area (Å²) in [4.78, 5) is 10.6. The third kappa shape index (κ3) is 5.87. The molecule has 3 heteroatoms. The van der Waals surface area contributed by atoms with Gasteiger partial charge in [-0.15, -0.1) is 0 Å². The topological polar surface area (TPSA) is 46.5 Å². The molecule has 1 aliphatic carbocycles. The zero-order valence-corrected chi connectivity index (χ0v) is 10.9. The molecule has 1 saturated carbocycles. The summed E-state index contributed by atoms with van der Waals surface area (Å²) in [6, 6.07) is 0. The molecule has 0 amide bonds. The lowest BCUT2D eigenvalue weighted by atomic mass is 9.87. The normalized spacial score (nSPS) is 20.2. The second-order valence-corrected chi connectivity index (χ2v) is 5.02. The van der Waals surface area contributed by atoms with Crippen LogP contribution >= 0.6 is 0 Å². The smallest absolute Gasteiger partial charge is 0.331 e. The van der Waals surface area contributed by atoms with Crippen molar-refractivity contribution in [1.29, 1.82) is 0 Å². The molecule has 0 heterocycles. The summed E-state index contributed by atoms with van der Waals surface area (Å²) in [5, 5.41) is 8.74. The molecule has 0 saturated heterocycles. The molecule has 1 unspecified atom stereocenters. The zero-order chi connectivity index (χ0) is 12.7. The lowest BCUT2D eigenvalue weighted by Gasteiger charge is -2.21. The minimum atomic E-state index is -0.868. The highest BCUT2D eigenvalue weighted by Crippen LogP contribution is 2.26. The van der Waals surface area contributed by atoms with E-state index in [1.54, 1.807) is 13.0 Å². The van der Waals surface area contributed by atoms with Gasteiger partial charge in [0.25, 0.3) is 0 Å². The van der Waals surface area contributed by atoms with E-state index in [0.717, 1.165) is 18.9 Å². The molecular weight excluding hydrogens is 216 g/mol. The van der Waals surface area contributed by atoms with Crippen LogP contribution in [0.2, 0.25) is 0 Å². The van der Waals surface area contributed by atoms with E-state index in [-0.39, 0.29) is 6.10 Å². The quantitative estimate of drug-likeness (QED) is 0.724. The molecule has 17 heavy (non-hydrogen) atoms. The van der Waals surface area contributed by atoms with Gasteiger partial charge in [-0.3, -0.25) is 0 Å². The van der Waals surface area contributed by atoms with Crippen LogP contribution in [0.5, 0.6) is 0 Å². The van der Waals surface area contributed by atoms with E-state index in [1.807, 2.05) is 6.92 Å². The van der Waals surface area contributed by atoms with Crippen LogP contribution in [0, 0.1) is 5.92 Å². The number of hydrogen-bond donors (Lipinski definition) is 1.